The van der Waals surface area contributed by atoms with Crippen LogP contribution < -0.4 is 5.32 Å². The first-order valence-electron chi connectivity index (χ1n) is 5.88. The van der Waals surface area contributed by atoms with E-state index in [9.17, 15) is 4.79 Å². The molecule has 2 aromatic heterocycles. The molecule has 0 saturated carbocycles. The fourth-order valence-corrected chi connectivity index (χ4v) is 3.13. The Morgan fingerprint density at radius 3 is 2.79 bits per heavy atom. The van der Waals surface area contributed by atoms with Crippen LogP contribution in [0.5, 0.6) is 0 Å². The van der Waals surface area contributed by atoms with Crippen molar-refractivity contribution in [2.24, 2.45) is 0 Å². The Bertz CT molecular complexity index is 620. The summed E-state index contributed by atoms with van der Waals surface area (Å²) in [5.41, 5.74) is 1.91. The predicted molar refractivity (Wildman–Crippen MR) is 74.0 cm³/mol. The number of carbonyl (C=O) groups is 1. The van der Waals surface area contributed by atoms with Crippen LogP contribution in [0.25, 0.3) is 4.91 Å². The average molecular weight is 272 g/mol. The molecular formula is C14H12N2O2S. The van der Waals surface area contributed by atoms with E-state index in [0.29, 0.717) is 5.76 Å². The summed E-state index contributed by atoms with van der Waals surface area (Å²) in [6, 6.07) is 7.48. The number of thioether (sulfide) groups is 1. The van der Waals surface area contributed by atoms with Crippen molar-refractivity contribution in [1.29, 1.82) is 0 Å². The molecule has 1 amide bonds. The van der Waals surface area contributed by atoms with Crippen molar-refractivity contribution in [3.8, 4) is 0 Å². The van der Waals surface area contributed by atoms with Crippen molar-refractivity contribution in [3.05, 3.63) is 59.9 Å². The second kappa shape index (κ2) is 4.93. The second-order valence-corrected chi connectivity index (χ2v) is 5.31. The standard InChI is InChI=1S/C14H12N2O2S/c1-9-12(10-4-6-15-7-5-10)19-13(14(17)16-9)11-3-2-8-18-11/h2-8,13H,1H3,(H,16,17). The van der Waals surface area contributed by atoms with E-state index >= 15 is 0 Å². The third kappa shape index (κ3) is 2.29. The van der Waals surface area contributed by atoms with Crippen LogP contribution in [-0.4, -0.2) is 10.9 Å². The van der Waals surface area contributed by atoms with Crippen LogP contribution in [0.3, 0.4) is 0 Å². The molecule has 96 valence electrons. The quantitative estimate of drug-likeness (QED) is 0.913. The van der Waals surface area contributed by atoms with Gasteiger partial charge in [0.1, 0.15) is 11.0 Å². The normalized spacial score (nSPS) is 19.4. The van der Waals surface area contributed by atoms with E-state index in [-0.39, 0.29) is 11.2 Å². The van der Waals surface area contributed by atoms with Crippen LogP contribution in [0.2, 0.25) is 0 Å². The Labute approximate surface area is 114 Å². The largest absolute Gasteiger partial charge is 0.468 e. The van der Waals surface area contributed by atoms with E-state index in [1.807, 2.05) is 25.1 Å². The highest BCUT2D eigenvalue weighted by atomic mass is 32.2. The fraction of sp³-hybridized carbons (Fsp3) is 0.143. The van der Waals surface area contributed by atoms with Gasteiger partial charge in [-0.1, -0.05) is 0 Å². The molecule has 3 heterocycles. The Morgan fingerprint density at radius 2 is 2.11 bits per heavy atom. The van der Waals surface area contributed by atoms with E-state index in [4.69, 9.17) is 4.42 Å². The zero-order valence-corrected chi connectivity index (χ0v) is 11.1. The lowest BCUT2D eigenvalue weighted by molar-refractivity contribution is -0.120. The van der Waals surface area contributed by atoms with E-state index < -0.39 is 0 Å². The van der Waals surface area contributed by atoms with Crippen LogP contribution in [0.1, 0.15) is 23.5 Å². The fourth-order valence-electron chi connectivity index (χ4n) is 1.98. The van der Waals surface area contributed by atoms with Gasteiger partial charge in [-0.15, -0.1) is 11.8 Å². The third-order valence-corrected chi connectivity index (χ3v) is 4.33. The Hall–Kier alpha value is -2.01. The van der Waals surface area contributed by atoms with Gasteiger partial charge in [0.2, 0.25) is 5.91 Å². The van der Waals surface area contributed by atoms with Crippen molar-refractivity contribution >= 4 is 22.6 Å². The Kier molecular flexibility index (Phi) is 3.13. The van der Waals surface area contributed by atoms with Crippen molar-refractivity contribution in [2.45, 2.75) is 12.2 Å². The number of nitrogens with zero attached hydrogens (tertiary/aromatic N) is 1. The number of pyridine rings is 1. The van der Waals surface area contributed by atoms with Crippen LogP contribution in [0.15, 0.2) is 53.0 Å². The first kappa shape index (κ1) is 12.0. The minimum absolute atomic E-state index is 0.0461. The Balaban J connectivity index is 1.97. The van der Waals surface area contributed by atoms with Crippen molar-refractivity contribution in [3.63, 3.8) is 0 Å². The average Bonchev–Trinajstić information content (AvgIpc) is 2.94. The molecule has 0 aromatic carbocycles. The maximum Gasteiger partial charge on any atom is 0.245 e. The number of carbonyl (C=O) groups excluding carboxylic acids is 1. The van der Waals surface area contributed by atoms with Gasteiger partial charge in [0.05, 0.1) is 6.26 Å². The van der Waals surface area contributed by atoms with Crippen molar-refractivity contribution in [1.82, 2.24) is 10.3 Å². The van der Waals surface area contributed by atoms with Gasteiger partial charge in [-0.2, -0.15) is 0 Å². The number of aromatic nitrogens is 1. The summed E-state index contributed by atoms with van der Waals surface area (Å²) in [7, 11) is 0. The number of amides is 1. The molecular weight excluding hydrogens is 260 g/mol. The summed E-state index contributed by atoms with van der Waals surface area (Å²) < 4.78 is 5.35. The number of allylic oxidation sites excluding steroid dienone is 1. The summed E-state index contributed by atoms with van der Waals surface area (Å²) in [5, 5.41) is 2.56. The van der Waals surface area contributed by atoms with Gasteiger partial charge in [-0.05, 0) is 36.8 Å². The maximum atomic E-state index is 12.0. The van der Waals surface area contributed by atoms with Crippen molar-refractivity contribution < 1.29 is 9.21 Å². The molecule has 1 N–H and O–H groups in total. The van der Waals surface area contributed by atoms with E-state index in [1.54, 1.807) is 24.7 Å². The molecule has 2 aromatic rings. The molecule has 0 fully saturated rings. The summed E-state index contributed by atoms with van der Waals surface area (Å²) in [4.78, 5) is 17.1. The van der Waals surface area contributed by atoms with Gasteiger partial charge in [-0.3, -0.25) is 9.78 Å². The highest BCUT2D eigenvalue weighted by Gasteiger charge is 2.31. The van der Waals surface area contributed by atoms with E-state index in [0.717, 1.165) is 16.2 Å². The summed E-state index contributed by atoms with van der Waals surface area (Å²) in [6.07, 6.45) is 5.07. The predicted octanol–water partition coefficient (Wildman–Crippen LogP) is 2.97. The molecule has 1 aliphatic heterocycles. The van der Waals surface area contributed by atoms with Crippen LogP contribution in [0, 0.1) is 0 Å². The number of hydrogen-bond donors (Lipinski definition) is 1. The van der Waals surface area contributed by atoms with Gasteiger partial charge >= 0.3 is 0 Å². The summed E-state index contributed by atoms with van der Waals surface area (Å²) >= 11 is 1.50. The lowest BCUT2D eigenvalue weighted by Crippen LogP contribution is -2.30. The Morgan fingerprint density at radius 1 is 1.32 bits per heavy atom. The molecule has 0 saturated heterocycles. The molecule has 3 rings (SSSR count). The minimum atomic E-state index is -0.345. The lowest BCUT2D eigenvalue weighted by Gasteiger charge is -2.24. The third-order valence-electron chi connectivity index (χ3n) is 2.87. The second-order valence-electron chi connectivity index (χ2n) is 4.19. The monoisotopic (exact) mass is 272 g/mol. The molecule has 1 unspecified atom stereocenters. The molecule has 0 aliphatic carbocycles. The smallest absolute Gasteiger partial charge is 0.245 e. The lowest BCUT2D eigenvalue weighted by atomic mass is 10.2. The van der Waals surface area contributed by atoms with Gasteiger partial charge in [0, 0.05) is 23.0 Å². The maximum absolute atomic E-state index is 12.0. The van der Waals surface area contributed by atoms with E-state index in [2.05, 4.69) is 10.3 Å². The van der Waals surface area contributed by atoms with Gasteiger partial charge in [-0.25, -0.2) is 0 Å². The SMILES string of the molecule is CC1=C(c2ccncc2)SC(c2ccco2)C(=O)N1. The summed E-state index contributed by atoms with van der Waals surface area (Å²) in [6.45, 7) is 1.90. The number of furan rings is 1. The molecule has 5 heteroatoms. The number of nitrogens with one attached hydrogen (secondary N) is 1. The van der Waals surface area contributed by atoms with Crippen LogP contribution >= 0.6 is 11.8 Å². The zero-order valence-electron chi connectivity index (χ0n) is 10.3. The minimum Gasteiger partial charge on any atom is -0.468 e. The number of hydrogen-bond acceptors (Lipinski definition) is 4. The molecule has 4 nitrogen and oxygen atoms in total. The zero-order chi connectivity index (χ0) is 13.2. The first-order chi connectivity index (χ1) is 9.25. The van der Waals surface area contributed by atoms with Gasteiger partial charge in [0.25, 0.3) is 0 Å². The van der Waals surface area contributed by atoms with Crippen LogP contribution in [0.4, 0.5) is 0 Å². The van der Waals surface area contributed by atoms with Crippen molar-refractivity contribution in [2.75, 3.05) is 0 Å². The molecule has 0 bridgehead atoms. The highest BCUT2D eigenvalue weighted by molar-refractivity contribution is 8.09. The van der Waals surface area contributed by atoms with Gasteiger partial charge < -0.3 is 9.73 Å². The van der Waals surface area contributed by atoms with Crippen LogP contribution in [-0.2, 0) is 4.79 Å². The molecule has 0 radical (unpaired) electrons. The highest BCUT2D eigenvalue weighted by Crippen LogP contribution is 2.44. The van der Waals surface area contributed by atoms with Gasteiger partial charge in [0.15, 0.2) is 0 Å². The first-order valence-corrected chi connectivity index (χ1v) is 6.76. The molecule has 19 heavy (non-hydrogen) atoms. The molecule has 0 spiro atoms. The summed E-state index contributed by atoms with van der Waals surface area (Å²) in [5.74, 6) is 0.622. The topological polar surface area (TPSA) is 55.1 Å². The molecule has 1 aliphatic rings. The number of rotatable bonds is 2. The molecule has 1 atom stereocenters. The van der Waals surface area contributed by atoms with E-state index in [1.165, 1.54) is 11.8 Å².